The predicted molar refractivity (Wildman–Crippen MR) is 279 cm³/mol. The molecule has 23 nitrogen and oxygen atoms in total. The average molecular weight is 1060 g/mol. The van der Waals surface area contributed by atoms with Gasteiger partial charge in [-0.1, -0.05) is 64.7 Å². The minimum absolute atomic E-state index is 0.00828. The molecule has 2 fully saturated rings. The van der Waals surface area contributed by atoms with Gasteiger partial charge < -0.3 is 43.0 Å². The number of Topliss-reactive ketones (excluding diaryl/α,β-unsaturated/α-hetero) is 1. The highest BCUT2D eigenvalue weighted by molar-refractivity contribution is 6.30. The summed E-state index contributed by atoms with van der Waals surface area (Å²) in [7, 11) is 0. The number of carbonyl (C=O) groups excluding carboxylic acids is 6. The number of rotatable bonds is 10. The van der Waals surface area contributed by atoms with Crippen LogP contribution in [0.15, 0.2) is 75.6 Å². The molecule has 2 saturated carbocycles. The molecule has 394 valence electrons. The van der Waals surface area contributed by atoms with E-state index in [0.717, 1.165) is 25.7 Å². The molecule has 0 aromatic carbocycles. The van der Waals surface area contributed by atoms with E-state index in [4.69, 9.17) is 34.7 Å². The Balaban J connectivity index is 0.000000188. The van der Waals surface area contributed by atoms with Crippen molar-refractivity contribution in [2.45, 2.75) is 99.3 Å². The molecule has 7 heterocycles. The highest BCUT2D eigenvalue weighted by atomic mass is 35.5. The molecule has 0 bridgehead atoms. The molecule has 2 aliphatic heterocycles. The summed E-state index contributed by atoms with van der Waals surface area (Å²) in [5.41, 5.74) is 8.66. The molecule has 10 N–H and O–H groups in total. The van der Waals surface area contributed by atoms with Gasteiger partial charge in [0.2, 0.25) is 11.8 Å². The van der Waals surface area contributed by atoms with Gasteiger partial charge in [-0.15, -0.1) is 0 Å². The number of H-pyrrole nitrogens is 1. The van der Waals surface area contributed by atoms with E-state index in [9.17, 15) is 43.2 Å². The van der Waals surface area contributed by atoms with Gasteiger partial charge in [0.15, 0.2) is 0 Å². The second-order valence-electron chi connectivity index (χ2n) is 18.9. The summed E-state index contributed by atoms with van der Waals surface area (Å²) in [4.78, 5) is 122. The number of carbonyl (C=O) groups is 6. The van der Waals surface area contributed by atoms with Crippen LogP contribution in [0.1, 0.15) is 119 Å². The molecule has 5 aromatic rings. The second kappa shape index (κ2) is 23.8. The third-order valence-electron chi connectivity index (χ3n) is 12.5. The van der Waals surface area contributed by atoms with Gasteiger partial charge >= 0.3 is 0 Å². The van der Waals surface area contributed by atoms with Crippen molar-refractivity contribution in [3.63, 3.8) is 0 Å². The lowest BCUT2D eigenvalue weighted by Gasteiger charge is -2.31. The number of halogens is 2. The molecule has 2 aliphatic carbocycles. The Kier molecular flexibility index (Phi) is 18.4. The van der Waals surface area contributed by atoms with Gasteiger partial charge in [0.05, 0.1) is 0 Å². The van der Waals surface area contributed by atoms with E-state index in [1.54, 1.807) is 37.3 Å². The fourth-order valence-electron chi connectivity index (χ4n) is 6.75. The quantitative estimate of drug-likeness (QED) is 0.0897. The van der Waals surface area contributed by atoms with Gasteiger partial charge in [-0.3, -0.25) is 52.3 Å². The van der Waals surface area contributed by atoms with E-state index in [2.05, 4.69) is 51.5 Å². The number of hydrogen-bond acceptors (Lipinski definition) is 15. The van der Waals surface area contributed by atoms with Crippen molar-refractivity contribution in [2.75, 3.05) is 21.7 Å². The van der Waals surface area contributed by atoms with Gasteiger partial charge in [0, 0.05) is 29.9 Å². The number of fused-ring (bicyclic) bond motifs is 2. The van der Waals surface area contributed by atoms with Crippen molar-refractivity contribution < 1.29 is 28.8 Å². The van der Waals surface area contributed by atoms with Crippen molar-refractivity contribution in [3.05, 3.63) is 119 Å². The molecule has 25 heteroatoms. The first kappa shape index (κ1) is 57.1. The Morgan fingerprint density at radius 2 is 1.11 bits per heavy atom. The molecular formula is C49H60Cl2N14O9. The standard InChI is InChI=1S/C19H22N6O3.C11H13ClN2O2.C8H10N4O.C6H5ClN2O2.C5H10O/c1-10(2)19(3)24-17(27)13-7-6-12(18(28)25(13)19)22-14-8-15(21-9-20-14)23-16(26)11-4-5-11;1-6(2)11(3)13-9(15)8-5-4-7(12)10(16)14(8)11;9-6-3-7(11-4-10-6)12-8(13)5-1-2-5;7-3-1-2-4(5(8)10)9-6(3)11;1-4(2)5(3)6/h6-11H,4-5H2,1-3H3,(H,24,27)(H2,20,21,22,23,26);4-6H,1-3H3,(H,13,15);3-5H,1-2H2,(H3,9,10,11,12,13);1-2H,(H2,8,10)(H,9,11);4H,1-3H3. The molecule has 4 aliphatic rings. The Morgan fingerprint density at radius 3 is 1.55 bits per heavy atom. The van der Waals surface area contributed by atoms with Crippen molar-refractivity contribution in [3.8, 4) is 0 Å². The fourth-order valence-corrected chi connectivity index (χ4v) is 7.01. The number of nitrogens with zero attached hydrogens (tertiary/aromatic N) is 6. The predicted octanol–water partition coefficient (Wildman–Crippen LogP) is 5.14. The summed E-state index contributed by atoms with van der Waals surface area (Å²) in [6.07, 6.45) is 6.40. The Bertz CT molecular complexity index is 3150. The number of ketones is 1. The van der Waals surface area contributed by atoms with Crippen LogP contribution in [-0.2, 0) is 25.7 Å². The number of hydrogen-bond donors (Lipinski definition) is 8. The number of primary amides is 1. The maximum absolute atomic E-state index is 13.1. The van der Waals surface area contributed by atoms with Gasteiger partial charge in [0.25, 0.3) is 34.4 Å². The number of anilines is 5. The lowest BCUT2D eigenvalue weighted by Crippen LogP contribution is -2.48. The van der Waals surface area contributed by atoms with Crippen LogP contribution in [0.3, 0.4) is 0 Å². The second-order valence-corrected chi connectivity index (χ2v) is 19.8. The Hall–Kier alpha value is -7.79. The maximum Gasteiger partial charge on any atom is 0.276 e. The minimum Gasteiger partial charge on any atom is -0.384 e. The lowest BCUT2D eigenvalue weighted by atomic mass is 9.98. The summed E-state index contributed by atoms with van der Waals surface area (Å²) in [5.74, 6) is 1.19. The fraction of sp³-hybridized carbons (Fsp3) is 0.408. The average Bonchev–Trinajstić information content (AvgIpc) is 4.28. The van der Waals surface area contributed by atoms with Gasteiger partial charge in [-0.2, -0.15) is 0 Å². The zero-order chi connectivity index (χ0) is 55.0. The van der Waals surface area contributed by atoms with Crippen molar-refractivity contribution in [1.82, 2.24) is 44.7 Å². The summed E-state index contributed by atoms with van der Waals surface area (Å²) >= 11 is 11.2. The topological polar surface area (TPSA) is 343 Å². The van der Waals surface area contributed by atoms with Crippen molar-refractivity contribution in [1.29, 1.82) is 0 Å². The van der Waals surface area contributed by atoms with Crippen LogP contribution in [0.5, 0.6) is 0 Å². The van der Waals surface area contributed by atoms with Gasteiger partial charge in [0.1, 0.15) is 85.8 Å². The molecule has 0 spiro atoms. The van der Waals surface area contributed by atoms with E-state index < -0.39 is 22.8 Å². The molecule has 9 rings (SSSR count). The molecular weight excluding hydrogens is 1000 g/mol. The van der Waals surface area contributed by atoms with Crippen molar-refractivity contribution >= 4 is 87.5 Å². The normalized spacial score (nSPS) is 17.8. The number of aromatic nitrogens is 7. The highest BCUT2D eigenvalue weighted by Gasteiger charge is 2.43. The molecule has 5 amide bonds. The van der Waals surface area contributed by atoms with E-state index in [-0.39, 0.29) is 91.5 Å². The first-order chi connectivity index (χ1) is 34.7. The molecule has 0 saturated heterocycles. The summed E-state index contributed by atoms with van der Waals surface area (Å²) in [6.45, 7) is 16.8. The number of nitrogen functional groups attached to an aromatic ring is 1. The van der Waals surface area contributed by atoms with E-state index >= 15 is 0 Å². The van der Waals surface area contributed by atoms with E-state index in [1.807, 2.05) is 55.4 Å². The smallest absolute Gasteiger partial charge is 0.276 e. The third-order valence-corrected chi connectivity index (χ3v) is 13.0. The lowest BCUT2D eigenvalue weighted by molar-refractivity contribution is -0.120. The molecule has 5 aromatic heterocycles. The van der Waals surface area contributed by atoms with Crippen LogP contribution in [-0.4, -0.2) is 69.4 Å². The number of amides is 5. The highest BCUT2D eigenvalue weighted by Crippen LogP contribution is 2.32. The molecule has 2 atom stereocenters. The van der Waals surface area contributed by atoms with Gasteiger partial charge in [-0.05, 0) is 94.7 Å². The summed E-state index contributed by atoms with van der Waals surface area (Å²) in [6, 6.07) is 12.0. The minimum atomic E-state index is -0.809. The SMILES string of the molecule is CC(=O)C(C)C.CC(C)C1(C)NC(=O)c2ccc(Cl)c(=O)n21.CC(C)C1(C)NC(=O)c2ccc(Nc3cc(NC(=O)C4CC4)ncn3)c(=O)n21.NC(=O)c1ccc(Cl)c(=O)[nH]1.Nc1cc(NC(=O)C2CC2)ncn1. The summed E-state index contributed by atoms with van der Waals surface area (Å²) in [5, 5.41) is 14.3. The zero-order valence-corrected chi connectivity index (χ0v) is 43.8. The first-order valence-electron chi connectivity index (χ1n) is 23.5. The zero-order valence-electron chi connectivity index (χ0n) is 42.3. The van der Waals surface area contributed by atoms with Crippen molar-refractivity contribution in [2.24, 2.45) is 35.3 Å². The third kappa shape index (κ3) is 14.0. The van der Waals surface area contributed by atoms with Crippen LogP contribution < -0.4 is 54.7 Å². The van der Waals surface area contributed by atoms with E-state index in [1.165, 1.54) is 40.0 Å². The Morgan fingerprint density at radius 1 is 0.662 bits per heavy atom. The largest absolute Gasteiger partial charge is 0.384 e. The maximum atomic E-state index is 13.1. The van der Waals surface area contributed by atoms with Crippen LogP contribution in [0, 0.1) is 29.6 Å². The number of nitrogens with one attached hydrogen (secondary N) is 6. The monoisotopic (exact) mass is 1060 g/mol. The van der Waals surface area contributed by atoms with E-state index in [0.29, 0.717) is 34.7 Å². The molecule has 74 heavy (non-hydrogen) atoms. The number of nitrogens with two attached hydrogens (primary N) is 2. The van der Waals surface area contributed by atoms with Crippen LogP contribution in [0.25, 0.3) is 0 Å². The number of aromatic amines is 1. The van der Waals surface area contributed by atoms with Crippen LogP contribution >= 0.6 is 23.2 Å². The van der Waals surface area contributed by atoms with Crippen LogP contribution in [0.4, 0.5) is 29.0 Å². The summed E-state index contributed by atoms with van der Waals surface area (Å²) < 4.78 is 2.93. The number of pyridine rings is 3. The first-order valence-corrected chi connectivity index (χ1v) is 24.2. The Labute approximate surface area is 435 Å². The molecule has 0 radical (unpaired) electrons. The van der Waals surface area contributed by atoms with Crippen LogP contribution in [0.2, 0.25) is 10.0 Å². The van der Waals surface area contributed by atoms with Gasteiger partial charge in [-0.25, -0.2) is 19.9 Å². The molecule has 2 unspecified atom stereocenters.